The Bertz CT molecular complexity index is 1570. The first kappa shape index (κ1) is 24.1. The lowest BCUT2D eigenvalue weighted by molar-refractivity contribution is -0.127. The summed E-state index contributed by atoms with van der Waals surface area (Å²) in [4.78, 5) is 30.4. The number of thiazole rings is 1. The molecule has 4 aromatic rings. The summed E-state index contributed by atoms with van der Waals surface area (Å²) in [6.07, 6.45) is 1.01. The molecule has 1 aromatic heterocycles. The zero-order valence-corrected chi connectivity index (χ0v) is 21.9. The Balaban J connectivity index is 1.28. The summed E-state index contributed by atoms with van der Waals surface area (Å²) < 4.78 is 0. The second kappa shape index (κ2) is 8.93. The second-order valence-corrected chi connectivity index (χ2v) is 11.1. The van der Waals surface area contributed by atoms with Gasteiger partial charge in [0, 0.05) is 30.3 Å². The SMILES string of the molecule is CNC(=O)c1ccc(Cc2csc(NC(=O)C3(C)CC4(C#N)c5ccccc5C3c3ccccc34)n2)cc1. The molecule has 2 bridgehead atoms. The number of nitriles is 1. The van der Waals surface area contributed by atoms with E-state index in [1.54, 1.807) is 19.2 Å². The number of hydrogen-bond acceptors (Lipinski definition) is 5. The van der Waals surface area contributed by atoms with Crippen LogP contribution in [-0.2, 0) is 16.6 Å². The van der Waals surface area contributed by atoms with Crippen LogP contribution in [0.3, 0.4) is 0 Å². The van der Waals surface area contributed by atoms with Crippen molar-refractivity contribution in [2.24, 2.45) is 5.41 Å². The second-order valence-electron chi connectivity index (χ2n) is 10.3. The minimum atomic E-state index is -0.872. The van der Waals surface area contributed by atoms with E-state index in [-0.39, 0.29) is 17.7 Å². The lowest BCUT2D eigenvalue weighted by atomic mass is 9.47. The van der Waals surface area contributed by atoms with Crippen LogP contribution in [0.25, 0.3) is 0 Å². The third-order valence-electron chi connectivity index (χ3n) is 8.04. The van der Waals surface area contributed by atoms with Gasteiger partial charge in [-0.15, -0.1) is 11.3 Å². The quantitative estimate of drug-likeness (QED) is 0.370. The Morgan fingerprint density at radius 3 is 2.26 bits per heavy atom. The highest BCUT2D eigenvalue weighted by Gasteiger charge is 2.61. The summed E-state index contributed by atoms with van der Waals surface area (Å²) in [5, 5.41) is 18.7. The molecule has 0 aliphatic heterocycles. The first-order valence-corrected chi connectivity index (χ1v) is 13.4. The van der Waals surface area contributed by atoms with Gasteiger partial charge >= 0.3 is 0 Å². The molecule has 2 amide bonds. The van der Waals surface area contributed by atoms with Crippen molar-refractivity contribution in [3.8, 4) is 6.07 Å². The molecule has 0 fully saturated rings. The van der Waals surface area contributed by atoms with Crippen LogP contribution < -0.4 is 10.6 Å². The number of carbonyl (C=O) groups is 2. The fraction of sp³-hybridized carbons (Fsp3) is 0.226. The van der Waals surface area contributed by atoms with Gasteiger partial charge in [-0.2, -0.15) is 5.26 Å². The van der Waals surface area contributed by atoms with Crippen molar-refractivity contribution < 1.29 is 9.59 Å². The van der Waals surface area contributed by atoms with Gasteiger partial charge in [-0.3, -0.25) is 9.59 Å². The van der Waals surface area contributed by atoms with Crippen molar-refractivity contribution in [2.45, 2.75) is 31.1 Å². The van der Waals surface area contributed by atoms with Crippen LogP contribution in [-0.4, -0.2) is 23.8 Å². The Hall–Kier alpha value is -4.28. The third-order valence-corrected chi connectivity index (χ3v) is 8.85. The molecule has 7 heteroatoms. The molecule has 6 nitrogen and oxygen atoms in total. The average Bonchev–Trinajstić information content (AvgIpc) is 3.39. The summed E-state index contributed by atoms with van der Waals surface area (Å²) in [5.41, 5.74) is 4.91. The van der Waals surface area contributed by atoms with Crippen molar-refractivity contribution in [1.29, 1.82) is 5.26 Å². The predicted molar refractivity (Wildman–Crippen MR) is 147 cm³/mol. The molecule has 1 heterocycles. The van der Waals surface area contributed by atoms with Gasteiger partial charge in [0.1, 0.15) is 5.41 Å². The first-order chi connectivity index (χ1) is 18.4. The van der Waals surface area contributed by atoms with Crippen molar-refractivity contribution >= 4 is 28.3 Å². The zero-order chi connectivity index (χ0) is 26.5. The van der Waals surface area contributed by atoms with Crippen LogP contribution in [0, 0.1) is 16.7 Å². The first-order valence-electron chi connectivity index (χ1n) is 12.6. The number of hydrogen-bond donors (Lipinski definition) is 2. The lowest BCUT2D eigenvalue weighted by Gasteiger charge is -2.54. The van der Waals surface area contributed by atoms with E-state index in [4.69, 9.17) is 0 Å². The average molecular weight is 519 g/mol. The standard InChI is InChI=1S/C31H26N4O2S/c1-30(17-31(18-32)24-9-5-3-7-22(24)26(30)23-8-4-6-10-25(23)31)28(37)35-29-34-21(16-38-29)15-19-11-13-20(14-12-19)27(36)33-2/h3-14,16,26H,15,17H2,1-2H3,(H,33,36)(H,34,35,37). The highest BCUT2D eigenvalue weighted by atomic mass is 32.1. The van der Waals surface area contributed by atoms with E-state index in [1.807, 2.05) is 60.8 Å². The normalized spacial score (nSPS) is 22.6. The summed E-state index contributed by atoms with van der Waals surface area (Å²) in [7, 11) is 1.61. The molecule has 188 valence electrons. The van der Waals surface area contributed by atoms with Gasteiger partial charge in [0.2, 0.25) is 5.91 Å². The Morgan fingerprint density at radius 2 is 1.66 bits per heavy atom. The number of rotatable bonds is 5. The van der Waals surface area contributed by atoms with Gasteiger partial charge in [0.25, 0.3) is 5.91 Å². The maximum atomic E-state index is 14.0. The molecule has 3 aromatic carbocycles. The lowest BCUT2D eigenvalue weighted by Crippen LogP contribution is -2.53. The molecule has 1 unspecified atom stereocenters. The van der Waals surface area contributed by atoms with Crippen molar-refractivity contribution in [2.75, 3.05) is 12.4 Å². The summed E-state index contributed by atoms with van der Waals surface area (Å²) in [5.74, 6) is -0.395. The Kier molecular flexibility index (Phi) is 5.66. The fourth-order valence-corrected chi connectivity index (χ4v) is 7.01. The number of nitrogens with one attached hydrogen (secondary N) is 2. The number of nitrogens with zero attached hydrogens (tertiary/aromatic N) is 2. The van der Waals surface area contributed by atoms with E-state index < -0.39 is 10.8 Å². The maximum Gasteiger partial charge on any atom is 0.251 e. The Labute approximate surface area is 225 Å². The molecule has 38 heavy (non-hydrogen) atoms. The molecule has 2 N–H and O–H groups in total. The molecule has 0 radical (unpaired) electrons. The highest BCUT2D eigenvalue weighted by Crippen LogP contribution is 2.63. The van der Waals surface area contributed by atoms with E-state index in [0.717, 1.165) is 33.5 Å². The van der Waals surface area contributed by atoms with E-state index in [0.29, 0.717) is 23.5 Å². The van der Waals surface area contributed by atoms with Crippen molar-refractivity contribution in [3.05, 3.63) is 117 Å². The minimum Gasteiger partial charge on any atom is -0.355 e. The van der Waals surface area contributed by atoms with Crippen LogP contribution in [0.1, 0.15) is 63.1 Å². The summed E-state index contributed by atoms with van der Waals surface area (Å²) in [6.45, 7) is 1.98. The molecular weight excluding hydrogens is 492 g/mol. The van der Waals surface area contributed by atoms with E-state index >= 15 is 0 Å². The summed E-state index contributed by atoms with van der Waals surface area (Å²) in [6, 6.07) is 26.1. The number of aromatic nitrogens is 1. The fourth-order valence-electron chi connectivity index (χ4n) is 6.30. The van der Waals surface area contributed by atoms with Crippen LogP contribution >= 0.6 is 11.3 Å². The predicted octanol–water partition coefficient (Wildman–Crippen LogP) is 5.40. The molecule has 3 aliphatic rings. The summed E-state index contributed by atoms with van der Waals surface area (Å²) >= 11 is 1.40. The number of amides is 2. The van der Waals surface area contributed by atoms with Crippen LogP contribution in [0.5, 0.6) is 0 Å². The Morgan fingerprint density at radius 1 is 1.03 bits per heavy atom. The number of carbonyl (C=O) groups excluding carboxylic acids is 2. The molecule has 0 saturated heterocycles. The zero-order valence-electron chi connectivity index (χ0n) is 21.1. The van der Waals surface area contributed by atoms with Crippen molar-refractivity contribution in [3.63, 3.8) is 0 Å². The molecule has 0 spiro atoms. The molecule has 7 rings (SSSR count). The van der Waals surface area contributed by atoms with E-state index in [2.05, 4.69) is 33.8 Å². The largest absolute Gasteiger partial charge is 0.355 e. The topological polar surface area (TPSA) is 94.9 Å². The number of anilines is 1. The number of benzene rings is 3. The molecular formula is C31H26N4O2S. The van der Waals surface area contributed by atoms with Gasteiger partial charge in [-0.25, -0.2) is 4.98 Å². The van der Waals surface area contributed by atoms with Crippen LogP contribution in [0.4, 0.5) is 5.13 Å². The maximum absolute atomic E-state index is 14.0. The highest BCUT2D eigenvalue weighted by molar-refractivity contribution is 7.13. The van der Waals surface area contributed by atoms with E-state index in [9.17, 15) is 14.9 Å². The third kappa shape index (κ3) is 3.56. The molecule has 3 aliphatic carbocycles. The van der Waals surface area contributed by atoms with Crippen LogP contribution in [0.2, 0.25) is 0 Å². The van der Waals surface area contributed by atoms with E-state index in [1.165, 1.54) is 11.3 Å². The number of fused-ring (bicyclic) bond motifs is 1. The van der Waals surface area contributed by atoms with Gasteiger partial charge in [-0.1, -0.05) is 60.7 Å². The van der Waals surface area contributed by atoms with Gasteiger partial charge in [0.05, 0.1) is 17.2 Å². The minimum absolute atomic E-state index is 0.122. The van der Waals surface area contributed by atoms with Gasteiger partial charge < -0.3 is 10.6 Å². The van der Waals surface area contributed by atoms with Crippen LogP contribution in [0.15, 0.2) is 78.2 Å². The van der Waals surface area contributed by atoms with Gasteiger partial charge in [0.15, 0.2) is 5.13 Å². The molecule has 0 saturated carbocycles. The smallest absolute Gasteiger partial charge is 0.251 e. The molecule has 1 atom stereocenters. The monoisotopic (exact) mass is 518 g/mol. The van der Waals surface area contributed by atoms with Gasteiger partial charge in [-0.05, 0) is 53.3 Å². The van der Waals surface area contributed by atoms with Crippen molar-refractivity contribution in [1.82, 2.24) is 10.3 Å².